The van der Waals surface area contributed by atoms with E-state index in [0.717, 1.165) is 47.5 Å². The predicted molar refractivity (Wildman–Crippen MR) is 95.8 cm³/mol. The quantitative estimate of drug-likeness (QED) is 0.768. The van der Waals surface area contributed by atoms with Crippen LogP contribution in [0.25, 0.3) is 10.9 Å². The molecule has 23 heavy (non-hydrogen) atoms. The summed E-state index contributed by atoms with van der Waals surface area (Å²) in [6.07, 6.45) is 4.70. The number of fused-ring (bicyclic) bond motifs is 1. The summed E-state index contributed by atoms with van der Waals surface area (Å²) < 4.78 is 0.928. The van der Waals surface area contributed by atoms with E-state index >= 15 is 0 Å². The molecule has 0 spiro atoms. The second kappa shape index (κ2) is 6.35. The number of aromatic nitrogens is 1. The minimum Gasteiger partial charge on any atom is -0.371 e. The third-order valence-electron chi connectivity index (χ3n) is 4.55. The summed E-state index contributed by atoms with van der Waals surface area (Å²) in [6.45, 7) is 0. The fraction of sp³-hybridized carbons (Fsp3) is 0.412. The zero-order valence-electron chi connectivity index (χ0n) is 13.0. The highest BCUT2D eigenvalue weighted by Gasteiger charge is 2.39. The molecule has 122 valence electrons. The van der Waals surface area contributed by atoms with E-state index in [1.165, 1.54) is 6.07 Å². The van der Waals surface area contributed by atoms with Gasteiger partial charge in [-0.05, 0) is 31.0 Å². The van der Waals surface area contributed by atoms with E-state index < -0.39 is 5.54 Å². The number of nitrogens with one attached hydrogen (secondary N) is 3. The number of halogens is 1. The smallest absolute Gasteiger partial charge is 0.250 e. The van der Waals surface area contributed by atoms with Crippen LogP contribution in [0.2, 0.25) is 0 Å². The lowest BCUT2D eigenvalue weighted by molar-refractivity contribution is -0.126. The topological polar surface area (TPSA) is 74.0 Å². The second-order valence-electron chi connectivity index (χ2n) is 6.08. The minimum absolute atomic E-state index is 0.0133. The summed E-state index contributed by atoms with van der Waals surface area (Å²) in [5, 5.41) is 7.07. The number of pyridine rings is 1. The zero-order chi connectivity index (χ0) is 16.4. The standard InChI is InChI=1S/C17H20BrN3O2/c1-19-16(23)17(7-3-2-4-8-17)21-14-10-15(22)20-13-6-5-11(18)9-12(13)14/h5-6,9-10H,2-4,7-8H2,1H3,(H,19,23)(H2,20,21,22). The fourth-order valence-electron chi connectivity index (χ4n) is 3.39. The molecular formula is C17H20BrN3O2. The van der Waals surface area contributed by atoms with Crippen molar-refractivity contribution in [2.45, 2.75) is 37.6 Å². The van der Waals surface area contributed by atoms with Crippen molar-refractivity contribution < 1.29 is 4.79 Å². The van der Waals surface area contributed by atoms with Crippen molar-refractivity contribution in [2.24, 2.45) is 0 Å². The average Bonchev–Trinajstić information content (AvgIpc) is 2.55. The Labute approximate surface area is 143 Å². The number of H-pyrrole nitrogens is 1. The van der Waals surface area contributed by atoms with Crippen LogP contribution in [-0.2, 0) is 4.79 Å². The van der Waals surface area contributed by atoms with Gasteiger partial charge in [-0.3, -0.25) is 9.59 Å². The van der Waals surface area contributed by atoms with E-state index in [1.807, 2.05) is 18.2 Å². The zero-order valence-corrected chi connectivity index (χ0v) is 14.6. The van der Waals surface area contributed by atoms with E-state index in [-0.39, 0.29) is 11.5 Å². The molecule has 3 rings (SSSR count). The lowest BCUT2D eigenvalue weighted by Crippen LogP contribution is -2.53. The first-order valence-corrected chi connectivity index (χ1v) is 8.66. The van der Waals surface area contributed by atoms with Crippen molar-refractivity contribution in [1.29, 1.82) is 0 Å². The maximum Gasteiger partial charge on any atom is 0.250 e. The molecule has 0 aliphatic heterocycles. The molecule has 1 aromatic carbocycles. The van der Waals surface area contributed by atoms with Gasteiger partial charge >= 0.3 is 0 Å². The van der Waals surface area contributed by atoms with Crippen LogP contribution in [0.4, 0.5) is 5.69 Å². The fourth-order valence-corrected chi connectivity index (χ4v) is 3.75. The molecule has 0 radical (unpaired) electrons. The van der Waals surface area contributed by atoms with Gasteiger partial charge in [-0.2, -0.15) is 0 Å². The Balaban J connectivity index is 2.09. The normalized spacial score (nSPS) is 17.0. The molecule has 1 aliphatic rings. The molecule has 0 unspecified atom stereocenters. The van der Waals surface area contributed by atoms with Gasteiger partial charge in [-0.15, -0.1) is 0 Å². The van der Waals surface area contributed by atoms with Gasteiger partial charge in [-0.25, -0.2) is 0 Å². The maximum absolute atomic E-state index is 12.5. The largest absolute Gasteiger partial charge is 0.371 e. The maximum atomic E-state index is 12.5. The summed E-state index contributed by atoms with van der Waals surface area (Å²) in [5.74, 6) is -0.0133. The number of carbonyl (C=O) groups excluding carboxylic acids is 1. The van der Waals surface area contributed by atoms with Crippen LogP contribution >= 0.6 is 15.9 Å². The third kappa shape index (κ3) is 3.13. The molecule has 1 heterocycles. The highest BCUT2D eigenvalue weighted by atomic mass is 79.9. The van der Waals surface area contributed by atoms with Crippen molar-refractivity contribution in [3.8, 4) is 0 Å². The van der Waals surface area contributed by atoms with Crippen LogP contribution in [-0.4, -0.2) is 23.5 Å². The highest BCUT2D eigenvalue weighted by Crippen LogP contribution is 2.34. The van der Waals surface area contributed by atoms with E-state index in [4.69, 9.17) is 0 Å². The van der Waals surface area contributed by atoms with Crippen molar-refractivity contribution in [2.75, 3.05) is 12.4 Å². The molecular weight excluding hydrogens is 358 g/mol. The molecule has 1 fully saturated rings. The van der Waals surface area contributed by atoms with Gasteiger partial charge in [0, 0.05) is 28.7 Å². The summed E-state index contributed by atoms with van der Waals surface area (Å²) in [4.78, 5) is 27.3. The SMILES string of the molecule is CNC(=O)C1(Nc2cc(=O)[nH]c3ccc(Br)cc23)CCCCC1. The molecule has 1 saturated carbocycles. The molecule has 0 bridgehead atoms. The van der Waals surface area contributed by atoms with Gasteiger partial charge < -0.3 is 15.6 Å². The number of anilines is 1. The van der Waals surface area contributed by atoms with E-state index in [1.54, 1.807) is 7.05 Å². The van der Waals surface area contributed by atoms with Crippen LogP contribution in [0, 0.1) is 0 Å². The van der Waals surface area contributed by atoms with Crippen LogP contribution in [0.1, 0.15) is 32.1 Å². The molecule has 1 aromatic heterocycles. The minimum atomic E-state index is -0.643. The Hall–Kier alpha value is -1.82. The number of likely N-dealkylation sites (N-methyl/N-ethyl adjacent to an activating group) is 1. The Morgan fingerprint density at radius 1 is 1.22 bits per heavy atom. The summed E-state index contributed by atoms with van der Waals surface area (Å²) in [7, 11) is 1.66. The van der Waals surface area contributed by atoms with Crippen LogP contribution in [0.3, 0.4) is 0 Å². The van der Waals surface area contributed by atoms with Gasteiger partial charge in [0.05, 0.1) is 5.52 Å². The predicted octanol–water partition coefficient (Wildman–Crippen LogP) is 3.15. The van der Waals surface area contributed by atoms with Crippen molar-refractivity contribution in [3.63, 3.8) is 0 Å². The molecule has 2 aromatic rings. The van der Waals surface area contributed by atoms with Crippen molar-refractivity contribution >= 4 is 38.4 Å². The molecule has 1 amide bonds. The van der Waals surface area contributed by atoms with Gasteiger partial charge in [0.1, 0.15) is 5.54 Å². The van der Waals surface area contributed by atoms with Crippen molar-refractivity contribution in [3.05, 3.63) is 39.1 Å². The number of amides is 1. The van der Waals surface area contributed by atoms with E-state index in [2.05, 4.69) is 31.5 Å². The lowest BCUT2D eigenvalue weighted by Gasteiger charge is -2.37. The number of rotatable bonds is 3. The van der Waals surface area contributed by atoms with Gasteiger partial charge in [0.25, 0.3) is 0 Å². The first kappa shape index (κ1) is 16.1. The highest BCUT2D eigenvalue weighted by molar-refractivity contribution is 9.10. The first-order chi connectivity index (χ1) is 11.0. The lowest BCUT2D eigenvalue weighted by atomic mass is 9.80. The second-order valence-corrected chi connectivity index (χ2v) is 7.00. The van der Waals surface area contributed by atoms with Crippen LogP contribution in [0.15, 0.2) is 33.5 Å². The molecule has 3 N–H and O–H groups in total. The summed E-state index contributed by atoms with van der Waals surface area (Å²) in [5.41, 5.74) is 0.641. The molecule has 6 heteroatoms. The number of benzene rings is 1. The average molecular weight is 378 g/mol. The molecule has 5 nitrogen and oxygen atoms in total. The Morgan fingerprint density at radius 3 is 2.65 bits per heavy atom. The molecule has 0 atom stereocenters. The van der Waals surface area contributed by atoms with Crippen LogP contribution in [0.5, 0.6) is 0 Å². The Bertz CT molecular complexity index is 794. The Kier molecular flexibility index (Phi) is 4.43. The molecule has 1 aliphatic carbocycles. The number of aromatic amines is 1. The van der Waals surface area contributed by atoms with Gasteiger partial charge in [0.2, 0.25) is 11.5 Å². The Morgan fingerprint density at radius 2 is 1.96 bits per heavy atom. The van der Waals surface area contributed by atoms with Gasteiger partial charge in [0.15, 0.2) is 0 Å². The summed E-state index contributed by atoms with van der Waals surface area (Å²) >= 11 is 3.47. The monoisotopic (exact) mass is 377 g/mol. The van der Waals surface area contributed by atoms with E-state index in [9.17, 15) is 9.59 Å². The number of carbonyl (C=O) groups is 1. The van der Waals surface area contributed by atoms with Crippen LogP contribution < -0.4 is 16.2 Å². The first-order valence-electron chi connectivity index (χ1n) is 7.87. The van der Waals surface area contributed by atoms with E-state index in [0.29, 0.717) is 5.69 Å². The third-order valence-corrected chi connectivity index (χ3v) is 5.04. The van der Waals surface area contributed by atoms with Crippen molar-refractivity contribution in [1.82, 2.24) is 10.3 Å². The molecule has 0 saturated heterocycles. The number of hydrogen-bond acceptors (Lipinski definition) is 3. The summed E-state index contributed by atoms with van der Waals surface area (Å²) in [6, 6.07) is 7.23. The van der Waals surface area contributed by atoms with Gasteiger partial charge in [-0.1, -0.05) is 35.2 Å². The number of hydrogen-bond donors (Lipinski definition) is 3.